The maximum Gasteiger partial charge on any atom is 0.291 e. The van der Waals surface area contributed by atoms with Crippen LogP contribution in [-0.4, -0.2) is 31.7 Å². The maximum absolute atomic E-state index is 12.9. The van der Waals surface area contributed by atoms with E-state index in [4.69, 9.17) is 16.0 Å². The molecule has 1 N–H and O–H groups in total. The predicted molar refractivity (Wildman–Crippen MR) is 119 cm³/mol. The number of benzene rings is 2. The number of amides is 1. The predicted octanol–water partition coefficient (Wildman–Crippen LogP) is 4.12. The van der Waals surface area contributed by atoms with Crippen molar-refractivity contribution in [3.05, 3.63) is 69.5 Å². The molecule has 0 bridgehead atoms. The van der Waals surface area contributed by atoms with Crippen LogP contribution in [0.15, 0.2) is 62.6 Å². The maximum atomic E-state index is 12.9. The van der Waals surface area contributed by atoms with E-state index in [1.54, 1.807) is 6.07 Å². The zero-order valence-corrected chi connectivity index (χ0v) is 18.4. The largest absolute Gasteiger partial charge is 0.451 e. The zero-order valence-electron chi connectivity index (χ0n) is 16.8. The molecule has 0 spiro atoms. The monoisotopic (exact) mass is 460 g/mol. The second-order valence-corrected chi connectivity index (χ2v) is 10.1. The summed E-state index contributed by atoms with van der Waals surface area (Å²) in [5, 5.41) is 3.30. The van der Waals surface area contributed by atoms with E-state index in [1.165, 1.54) is 40.7 Å². The number of sulfonamides is 1. The van der Waals surface area contributed by atoms with Gasteiger partial charge in [0.15, 0.2) is 11.2 Å². The Morgan fingerprint density at radius 2 is 1.90 bits per heavy atom. The molecule has 1 fully saturated rings. The Hall–Kier alpha value is -2.68. The molecule has 0 radical (unpaired) electrons. The van der Waals surface area contributed by atoms with Gasteiger partial charge in [0.05, 0.1) is 10.3 Å². The highest BCUT2D eigenvalue weighted by Crippen LogP contribution is 2.25. The Labute approximate surface area is 184 Å². The molecule has 1 amide bonds. The van der Waals surface area contributed by atoms with Gasteiger partial charge < -0.3 is 9.73 Å². The molecule has 0 saturated carbocycles. The van der Waals surface area contributed by atoms with E-state index < -0.39 is 15.9 Å². The van der Waals surface area contributed by atoms with Gasteiger partial charge in [-0.05, 0) is 61.2 Å². The van der Waals surface area contributed by atoms with Gasteiger partial charge >= 0.3 is 0 Å². The summed E-state index contributed by atoms with van der Waals surface area (Å²) in [5.41, 5.74) is 0.250. The molecular formula is C22H21ClN2O5S. The number of hydrogen-bond acceptors (Lipinski definition) is 5. The van der Waals surface area contributed by atoms with Crippen LogP contribution in [-0.2, 0) is 10.0 Å². The van der Waals surface area contributed by atoms with E-state index in [9.17, 15) is 18.0 Å². The van der Waals surface area contributed by atoms with Crippen molar-refractivity contribution in [3.63, 3.8) is 0 Å². The van der Waals surface area contributed by atoms with Crippen LogP contribution in [0, 0.1) is 5.92 Å². The SMILES string of the molecule is CC1CCCN(S(=O)(=O)c2ccc(NC(=O)c3cc(=O)c4cc(Cl)ccc4o3)cc2)C1. The van der Waals surface area contributed by atoms with Crippen LogP contribution in [0.3, 0.4) is 0 Å². The summed E-state index contributed by atoms with van der Waals surface area (Å²) in [6, 6.07) is 11.6. The summed E-state index contributed by atoms with van der Waals surface area (Å²) in [4.78, 5) is 25.0. The van der Waals surface area contributed by atoms with Crippen LogP contribution in [0.4, 0.5) is 5.69 Å². The number of nitrogens with zero attached hydrogens (tertiary/aromatic N) is 1. The summed E-state index contributed by atoms with van der Waals surface area (Å²) in [7, 11) is -3.58. The first-order valence-electron chi connectivity index (χ1n) is 9.89. The summed E-state index contributed by atoms with van der Waals surface area (Å²) >= 11 is 5.90. The highest BCUT2D eigenvalue weighted by molar-refractivity contribution is 7.89. The van der Waals surface area contributed by atoms with Crippen LogP contribution in [0.25, 0.3) is 11.0 Å². The molecule has 1 saturated heterocycles. The molecule has 1 unspecified atom stereocenters. The van der Waals surface area contributed by atoms with Gasteiger partial charge in [0.2, 0.25) is 10.0 Å². The number of anilines is 1. The molecule has 4 rings (SSSR count). The zero-order chi connectivity index (χ0) is 22.2. The molecule has 2 heterocycles. The van der Waals surface area contributed by atoms with Crippen molar-refractivity contribution in [2.24, 2.45) is 5.92 Å². The van der Waals surface area contributed by atoms with Gasteiger partial charge in [0, 0.05) is 29.9 Å². The highest BCUT2D eigenvalue weighted by atomic mass is 35.5. The van der Waals surface area contributed by atoms with Crippen molar-refractivity contribution >= 4 is 44.2 Å². The number of fused-ring (bicyclic) bond motifs is 1. The van der Waals surface area contributed by atoms with E-state index >= 15 is 0 Å². The average molecular weight is 461 g/mol. The van der Waals surface area contributed by atoms with Gasteiger partial charge in [-0.3, -0.25) is 9.59 Å². The minimum atomic E-state index is -3.58. The molecular weight excluding hydrogens is 440 g/mol. The third-order valence-corrected chi connectivity index (χ3v) is 7.40. The quantitative estimate of drug-likeness (QED) is 0.631. The van der Waals surface area contributed by atoms with Gasteiger partial charge in [0.1, 0.15) is 5.58 Å². The lowest BCUT2D eigenvalue weighted by atomic mass is 10.0. The highest BCUT2D eigenvalue weighted by Gasteiger charge is 2.28. The van der Waals surface area contributed by atoms with Crippen LogP contribution < -0.4 is 10.7 Å². The van der Waals surface area contributed by atoms with E-state index in [0.29, 0.717) is 29.7 Å². The average Bonchev–Trinajstić information content (AvgIpc) is 2.74. The van der Waals surface area contributed by atoms with E-state index in [0.717, 1.165) is 18.9 Å². The van der Waals surface area contributed by atoms with Crippen molar-refractivity contribution in [2.75, 3.05) is 18.4 Å². The minimum absolute atomic E-state index is 0.154. The fourth-order valence-corrected chi connectivity index (χ4v) is 5.43. The molecule has 1 aliphatic rings. The Morgan fingerprint density at radius 1 is 1.16 bits per heavy atom. The van der Waals surface area contributed by atoms with Gasteiger partial charge in [-0.1, -0.05) is 18.5 Å². The van der Waals surface area contributed by atoms with Crippen molar-refractivity contribution < 1.29 is 17.6 Å². The number of piperidine rings is 1. The normalized spacial score (nSPS) is 17.5. The molecule has 31 heavy (non-hydrogen) atoms. The summed E-state index contributed by atoms with van der Waals surface area (Å²) in [5.74, 6) is -0.442. The fraction of sp³-hybridized carbons (Fsp3) is 0.273. The van der Waals surface area contributed by atoms with E-state index in [2.05, 4.69) is 5.32 Å². The number of carbonyl (C=O) groups excluding carboxylic acids is 1. The van der Waals surface area contributed by atoms with Crippen molar-refractivity contribution in [2.45, 2.75) is 24.7 Å². The van der Waals surface area contributed by atoms with Gasteiger partial charge in [0.25, 0.3) is 5.91 Å². The van der Waals surface area contributed by atoms with E-state index in [1.807, 2.05) is 6.92 Å². The third-order valence-electron chi connectivity index (χ3n) is 5.28. The molecule has 1 aliphatic heterocycles. The second kappa shape index (κ2) is 8.45. The van der Waals surface area contributed by atoms with Crippen LogP contribution in [0.2, 0.25) is 5.02 Å². The van der Waals surface area contributed by atoms with E-state index in [-0.39, 0.29) is 27.1 Å². The topological polar surface area (TPSA) is 96.7 Å². The summed E-state index contributed by atoms with van der Waals surface area (Å²) in [6.45, 7) is 3.06. The lowest BCUT2D eigenvalue weighted by Gasteiger charge is -2.30. The van der Waals surface area contributed by atoms with Gasteiger partial charge in [-0.2, -0.15) is 4.31 Å². The smallest absolute Gasteiger partial charge is 0.291 e. The lowest BCUT2D eigenvalue weighted by molar-refractivity contribution is 0.0997. The van der Waals surface area contributed by atoms with Crippen molar-refractivity contribution in [1.29, 1.82) is 0 Å². The molecule has 9 heteroatoms. The first-order chi connectivity index (χ1) is 14.7. The first-order valence-corrected chi connectivity index (χ1v) is 11.7. The lowest BCUT2D eigenvalue weighted by Crippen LogP contribution is -2.39. The number of halogens is 1. The first kappa shape index (κ1) is 21.5. The molecule has 3 aromatic rings. The molecule has 7 nitrogen and oxygen atoms in total. The second-order valence-electron chi connectivity index (χ2n) is 7.70. The summed E-state index contributed by atoms with van der Waals surface area (Å²) < 4.78 is 32.7. The number of hydrogen-bond donors (Lipinski definition) is 1. The Balaban J connectivity index is 1.53. The number of carbonyl (C=O) groups is 1. The van der Waals surface area contributed by atoms with Crippen molar-refractivity contribution in [1.82, 2.24) is 4.31 Å². The minimum Gasteiger partial charge on any atom is -0.451 e. The summed E-state index contributed by atoms with van der Waals surface area (Å²) in [6.07, 6.45) is 1.87. The number of nitrogens with one attached hydrogen (secondary N) is 1. The van der Waals surface area contributed by atoms with Crippen molar-refractivity contribution in [3.8, 4) is 0 Å². The van der Waals surface area contributed by atoms with Crippen LogP contribution in [0.1, 0.15) is 30.3 Å². The molecule has 162 valence electrons. The Bertz CT molecular complexity index is 1300. The van der Waals surface area contributed by atoms with Gasteiger partial charge in [-0.15, -0.1) is 0 Å². The standard InChI is InChI=1S/C22H21ClN2O5S/c1-14-3-2-10-25(13-14)31(28,29)17-7-5-16(6-8-17)24-22(27)21-12-19(26)18-11-15(23)4-9-20(18)30-21/h4-9,11-12,14H,2-3,10,13H2,1H3,(H,24,27). The fourth-order valence-electron chi connectivity index (χ4n) is 3.66. The molecule has 1 atom stereocenters. The van der Waals surface area contributed by atoms with Crippen LogP contribution in [0.5, 0.6) is 0 Å². The third kappa shape index (κ3) is 4.51. The Morgan fingerprint density at radius 3 is 2.61 bits per heavy atom. The molecule has 0 aliphatic carbocycles. The molecule has 1 aromatic heterocycles. The van der Waals surface area contributed by atoms with Gasteiger partial charge in [-0.25, -0.2) is 8.42 Å². The number of rotatable bonds is 4. The molecule has 2 aromatic carbocycles. The van der Waals surface area contributed by atoms with Crippen LogP contribution >= 0.6 is 11.6 Å². The Kier molecular flexibility index (Phi) is 5.88.